The van der Waals surface area contributed by atoms with Gasteiger partial charge in [0.05, 0.1) is 5.56 Å². The molecule has 6 nitrogen and oxygen atoms in total. The van der Waals surface area contributed by atoms with Gasteiger partial charge < -0.3 is 10.2 Å². The predicted octanol–water partition coefficient (Wildman–Crippen LogP) is 1.54. The Morgan fingerprint density at radius 2 is 2.18 bits per heavy atom. The molecule has 120 valence electrons. The average molecular weight is 344 g/mol. The van der Waals surface area contributed by atoms with Gasteiger partial charge in [0.15, 0.2) is 0 Å². The highest BCUT2D eigenvalue weighted by atomic mass is 35.5. The number of hydrogen-bond donors (Lipinski definition) is 1. The lowest BCUT2D eigenvalue weighted by atomic mass is 10.1. The SMILES string of the molecule is C[C@@H]1CNCCN1C(=O)c1ccc(-n2ccnc2)nc1.Cl.Cl. The van der Waals surface area contributed by atoms with Crippen LogP contribution in [-0.4, -0.2) is 51.0 Å². The molecule has 0 spiro atoms. The zero-order valence-electron chi connectivity index (χ0n) is 12.2. The number of piperazine rings is 1. The van der Waals surface area contributed by atoms with Crippen LogP contribution in [0.15, 0.2) is 37.1 Å². The van der Waals surface area contributed by atoms with E-state index in [9.17, 15) is 4.79 Å². The fourth-order valence-electron chi connectivity index (χ4n) is 2.37. The van der Waals surface area contributed by atoms with Crippen LogP contribution in [0.25, 0.3) is 5.82 Å². The zero-order valence-corrected chi connectivity index (χ0v) is 13.8. The number of pyridine rings is 1. The van der Waals surface area contributed by atoms with Crippen molar-refractivity contribution in [2.75, 3.05) is 19.6 Å². The predicted molar refractivity (Wildman–Crippen MR) is 89.2 cm³/mol. The van der Waals surface area contributed by atoms with Crippen molar-refractivity contribution in [3.63, 3.8) is 0 Å². The Bertz CT molecular complexity index is 588. The summed E-state index contributed by atoms with van der Waals surface area (Å²) in [5, 5.41) is 3.28. The van der Waals surface area contributed by atoms with Crippen LogP contribution >= 0.6 is 24.8 Å². The van der Waals surface area contributed by atoms with Crippen LogP contribution in [0.2, 0.25) is 0 Å². The summed E-state index contributed by atoms with van der Waals surface area (Å²) >= 11 is 0. The first kappa shape index (κ1) is 18.4. The highest BCUT2D eigenvalue weighted by molar-refractivity contribution is 5.94. The fraction of sp³-hybridized carbons (Fsp3) is 0.357. The van der Waals surface area contributed by atoms with Crippen LogP contribution < -0.4 is 5.32 Å². The molecule has 1 N–H and O–H groups in total. The second kappa shape index (κ2) is 8.12. The van der Waals surface area contributed by atoms with E-state index >= 15 is 0 Å². The van der Waals surface area contributed by atoms with Gasteiger partial charge in [0, 0.05) is 44.3 Å². The van der Waals surface area contributed by atoms with Crippen molar-refractivity contribution >= 4 is 30.7 Å². The summed E-state index contributed by atoms with van der Waals surface area (Å²) in [6.45, 7) is 4.48. The molecule has 1 atom stereocenters. The normalized spacial score (nSPS) is 17.3. The van der Waals surface area contributed by atoms with Crippen LogP contribution in [0.3, 0.4) is 0 Å². The first-order chi connectivity index (χ1) is 9.75. The molecule has 0 radical (unpaired) electrons. The zero-order chi connectivity index (χ0) is 13.9. The molecule has 0 aromatic carbocycles. The van der Waals surface area contributed by atoms with Gasteiger partial charge in [-0.1, -0.05) is 0 Å². The summed E-state index contributed by atoms with van der Waals surface area (Å²) in [6, 6.07) is 3.87. The molecular weight excluding hydrogens is 325 g/mol. The number of rotatable bonds is 2. The lowest BCUT2D eigenvalue weighted by molar-refractivity contribution is 0.0655. The largest absolute Gasteiger partial charge is 0.333 e. The molecule has 1 saturated heterocycles. The first-order valence-electron chi connectivity index (χ1n) is 6.72. The number of carbonyl (C=O) groups is 1. The Hall–Kier alpha value is -1.63. The maximum absolute atomic E-state index is 12.4. The van der Waals surface area contributed by atoms with Crippen LogP contribution in [0, 0.1) is 0 Å². The maximum atomic E-state index is 12.4. The molecule has 0 unspecified atom stereocenters. The van der Waals surface area contributed by atoms with Gasteiger partial charge in [0.2, 0.25) is 0 Å². The van der Waals surface area contributed by atoms with E-state index in [0.29, 0.717) is 5.56 Å². The summed E-state index contributed by atoms with van der Waals surface area (Å²) in [4.78, 5) is 22.6. The van der Waals surface area contributed by atoms with Crippen molar-refractivity contribution in [3.05, 3.63) is 42.6 Å². The third kappa shape index (κ3) is 3.76. The third-order valence-corrected chi connectivity index (χ3v) is 3.53. The number of hydrogen-bond acceptors (Lipinski definition) is 4. The molecule has 8 heteroatoms. The average Bonchev–Trinajstić information content (AvgIpc) is 3.01. The lowest BCUT2D eigenvalue weighted by Gasteiger charge is -2.33. The van der Waals surface area contributed by atoms with E-state index in [0.717, 1.165) is 25.5 Å². The van der Waals surface area contributed by atoms with Gasteiger partial charge >= 0.3 is 0 Å². The summed E-state index contributed by atoms with van der Waals surface area (Å²) < 4.78 is 1.81. The molecule has 0 bridgehead atoms. The summed E-state index contributed by atoms with van der Waals surface area (Å²) in [7, 11) is 0. The van der Waals surface area contributed by atoms with Gasteiger partial charge in [0.1, 0.15) is 12.1 Å². The number of amides is 1. The van der Waals surface area contributed by atoms with E-state index in [1.165, 1.54) is 0 Å². The summed E-state index contributed by atoms with van der Waals surface area (Å²) in [5.74, 6) is 0.802. The van der Waals surface area contributed by atoms with Gasteiger partial charge in [-0.3, -0.25) is 9.36 Å². The van der Waals surface area contributed by atoms with Gasteiger partial charge in [-0.25, -0.2) is 9.97 Å². The molecule has 3 heterocycles. The van der Waals surface area contributed by atoms with E-state index in [1.54, 1.807) is 18.7 Å². The molecule has 2 aromatic rings. The topological polar surface area (TPSA) is 63.1 Å². The van der Waals surface area contributed by atoms with Crippen molar-refractivity contribution in [1.29, 1.82) is 0 Å². The third-order valence-electron chi connectivity index (χ3n) is 3.53. The second-order valence-electron chi connectivity index (χ2n) is 4.93. The Morgan fingerprint density at radius 3 is 2.77 bits per heavy atom. The monoisotopic (exact) mass is 343 g/mol. The van der Waals surface area contributed by atoms with Gasteiger partial charge in [0.25, 0.3) is 5.91 Å². The number of nitrogens with zero attached hydrogens (tertiary/aromatic N) is 4. The number of nitrogens with one attached hydrogen (secondary N) is 1. The standard InChI is InChI=1S/C14H17N5O.2ClH/c1-11-8-15-5-7-19(11)14(20)12-2-3-13(17-9-12)18-6-4-16-10-18;;/h2-4,6,9-11,15H,5,7-8H2,1H3;2*1H/t11-;;/m1../s1. The van der Waals surface area contributed by atoms with Crippen molar-refractivity contribution in [3.8, 4) is 5.82 Å². The van der Waals surface area contributed by atoms with E-state index in [1.807, 2.05) is 27.8 Å². The van der Waals surface area contributed by atoms with Gasteiger partial charge in [-0.15, -0.1) is 24.8 Å². The highest BCUT2D eigenvalue weighted by Crippen LogP contribution is 2.11. The van der Waals surface area contributed by atoms with Crippen LogP contribution in [0.1, 0.15) is 17.3 Å². The summed E-state index contributed by atoms with van der Waals surface area (Å²) in [6.07, 6.45) is 6.83. The number of imidazole rings is 1. The maximum Gasteiger partial charge on any atom is 0.255 e. The minimum absolute atomic E-state index is 0. The van der Waals surface area contributed by atoms with Crippen LogP contribution in [0.4, 0.5) is 0 Å². The Balaban J connectivity index is 0.00000121. The number of halogens is 2. The van der Waals surface area contributed by atoms with E-state index in [-0.39, 0.29) is 36.8 Å². The van der Waals surface area contributed by atoms with Gasteiger partial charge in [-0.2, -0.15) is 0 Å². The van der Waals surface area contributed by atoms with Gasteiger partial charge in [-0.05, 0) is 19.1 Å². The minimum Gasteiger partial charge on any atom is -0.333 e. The highest BCUT2D eigenvalue weighted by Gasteiger charge is 2.24. The Kier molecular flexibility index (Phi) is 6.80. The van der Waals surface area contributed by atoms with Crippen molar-refractivity contribution in [2.45, 2.75) is 13.0 Å². The smallest absolute Gasteiger partial charge is 0.255 e. The lowest BCUT2D eigenvalue weighted by Crippen LogP contribution is -2.52. The molecule has 1 aliphatic heterocycles. The van der Waals surface area contributed by atoms with Crippen LogP contribution in [0.5, 0.6) is 0 Å². The fourth-order valence-corrected chi connectivity index (χ4v) is 2.37. The number of aromatic nitrogens is 3. The quantitative estimate of drug-likeness (QED) is 0.898. The molecular formula is C14H19Cl2N5O. The summed E-state index contributed by atoms with van der Waals surface area (Å²) in [5.41, 5.74) is 0.627. The molecule has 0 saturated carbocycles. The van der Waals surface area contributed by atoms with Crippen molar-refractivity contribution in [2.24, 2.45) is 0 Å². The molecule has 3 rings (SSSR count). The van der Waals surface area contributed by atoms with E-state index in [4.69, 9.17) is 0 Å². The van der Waals surface area contributed by atoms with Crippen molar-refractivity contribution < 1.29 is 4.79 Å². The van der Waals surface area contributed by atoms with E-state index < -0.39 is 0 Å². The first-order valence-corrected chi connectivity index (χ1v) is 6.72. The second-order valence-corrected chi connectivity index (χ2v) is 4.93. The molecule has 22 heavy (non-hydrogen) atoms. The molecule has 1 amide bonds. The molecule has 1 aliphatic rings. The minimum atomic E-state index is 0. The van der Waals surface area contributed by atoms with Crippen LogP contribution in [-0.2, 0) is 0 Å². The number of carbonyl (C=O) groups excluding carboxylic acids is 1. The molecule has 2 aromatic heterocycles. The molecule has 1 fully saturated rings. The Labute approximate surface area is 141 Å². The molecule has 0 aliphatic carbocycles. The Morgan fingerprint density at radius 1 is 1.36 bits per heavy atom. The van der Waals surface area contributed by atoms with E-state index in [2.05, 4.69) is 22.2 Å². The van der Waals surface area contributed by atoms with Crippen molar-refractivity contribution in [1.82, 2.24) is 24.8 Å².